The van der Waals surface area contributed by atoms with Crippen molar-refractivity contribution in [1.29, 1.82) is 0 Å². The molecule has 1 aromatic heterocycles. The minimum atomic E-state index is -4.74. The lowest BCUT2D eigenvalue weighted by atomic mass is 10.3. The zero-order valence-electron chi connectivity index (χ0n) is 19.0. The second-order valence-electron chi connectivity index (χ2n) is 7.60. The molecular formula is C20H23F3N3O9P. The summed E-state index contributed by atoms with van der Waals surface area (Å²) < 4.78 is 77.4. The second kappa shape index (κ2) is 11.4. The van der Waals surface area contributed by atoms with Gasteiger partial charge in [-0.1, -0.05) is 18.2 Å². The molecule has 1 aromatic carbocycles. The van der Waals surface area contributed by atoms with E-state index >= 15 is 0 Å². The van der Waals surface area contributed by atoms with Gasteiger partial charge in [-0.3, -0.25) is 23.7 Å². The Morgan fingerprint density at radius 3 is 2.67 bits per heavy atom. The van der Waals surface area contributed by atoms with Crippen LogP contribution in [0.25, 0.3) is 0 Å². The first-order valence-electron chi connectivity index (χ1n) is 10.4. The van der Waals surface area contributed by atoms with Crippen LogP contribution in [0.2, 0.25) is 0 Å². The maximum atomic E-state index is 13.4. The van der Waals surface area contributed by atoms with Gasteiger partial charge in [-0.2, -0.15) is 18.3 Å². The van der Waals surface area contributed by atoms with E-state index in [0.717, 1.165) is 11.5 Å². The Labute approximate surface area is 201 Å². The third-order valence-corrected chi connectivity index (χ3v) is 6.27. The van der Waals surface area contributed by atoms with Crippen molar-refractivity contribution in [3.05, 3.63) is 62.9 Å². The molecule has 0 radical (unpaired) electrons. The first-order chi connectivity index (χ1) is 16.8. The number of nitrogens with one attached hydrogen (secondary N) is 2. The molecule has 1 aliphatic heterocycles. The third-order valence-electron chi connectivity index (χ3n) is 4.62. The number of ether oxygens (including phenoxy) is 3. The molecule has 1 fully saturated rings. The number of rotatable bonds is 10. The number of aryl methyl sites for hydroxylation is 1. The van der Waals surface area contributed by atoms with Crippen LogP contribution in [-0.4, -0.2) is 53.8 Å². The lowest BCUT2D eigenvalue weighted by Gasteiger charge is -2.24. The molecule has 0 saturated carbocycles. The molecule has 2 N–H and O–H groups in total. The van der Waals surface area contributed by atoms with Gasteiger partial charge in [-0.05, 0) is 26.0 Å². The van der Waals surface area contributed by atoms with E-state index in [1.54, 1.807) is 18.2 Å². The Balaban J connectivity index is 1.67. The van der Waals surface area contributed by atoms with Gasteiger partial charge in [-0.15, -0.1) is 0 Å². The van der Waals surface area contributed by atoms with Crippen molar-refractivity contribution < 1.29 is 45.8 Å². The average Bonchev–Trinajstić information content (AvgIpc) is 3.27. The van der Waals surface area contributed by atoms with Crippen molar-refractivity contribution in [2.45, 2.75) is 38.6 Å². The largest absolute Gasteiger partial charge is 0.459 e. The monoisotopic (exact) mass is 537 g/mol. The van der Waals surface area contributed by atoms with E-state index in [2.05, 4.69) is 14.8 Å². The Bertz CT molecular complexity index is 1220. The number of carbonyl (C=O) groups is 1. The van der Waals surface area contributed by atoms with Crippen LogP contribution in [0.15, 0.2) is 46.1 Å². The van der Waals surface area contributed by atoms with Gasteiger partial charge in [0, 0.05) is 11.8 Å². The fourth-order valence-electron chi connectivity index (χ4n) is 2.91. The number of nitrogens with zero attached hydrogens (tertiary/aromatic N) is 1. The summed E-state index contributed by atoms with van der Waals surface area (Å²) in [5.74, 6) is -1.26. The summed E-state index contributed by atoms with van der Waals surface area (Å²) >= 11 is 0. The molecule has 1 saturated heterocycles. The summed E-state index contributed by atoms with van der Waals surface area (Å²) in [6.45, 7) is 0.157. The third kappa shape index (κ3) is 7.77. The molecule has 2 heterocycles. The van der Waals surface area contributed by atoms with Crippen LogP contribution in [0.5, 0.6) is 5.75 Å². The lowest BCUT2D eigenvalue weighted by Crippen LogP contribution is -2.37. The Hall–Kier alpha value is -2.97. The minimum Gasteiger partial charge on any atom is -0.455 e. The first-order valence-corrected chi connectivity index (χ1v) is 12.0. The normalized spacial score (nSPS) is 20.5. The van der Waals surface area contributed by atoms with E-state index in [0.29, 0.717) is 0 Å². The summed E-state index contributed by atoms with van der Waals surface area (Å²) in [4.78, 5) is 37.7. The fourth-order valence-corrected chi connectivity index (χ4v) is 4.39. The summed E-state index contributed by atoms with van der Waals surface area (Å²) in [5, 5.41) is 2.23. The predicted molar refractivity (Wildman–Crippen MR) is 116 cm³/mol. The molecular weight excluding hydrogens is 514 g/mol. The molecule has 0 bridgehead atoms. The van der Waals surface area contributed by atoms with Crippen molar-refractivity contribution in [2.75, 3.05) is 19.8 Å². The molecule has 0 amide bonds. The average molecular weight is 537 g/mol. The van der Waals surface area contributed by atoms with Crippen molar-refractivity contribution in [1.82, 2.24) is 14.6 Å². The number of halogens is 3. The number of esters is 1. The maximum Gasteiger partial charge on any atom is 0.459 e. The van der Waals surface area contributed by atoms with Crippen LogP contribution < -0.4 is 20.9 Å². The lowest BCUT2D eigenvalue weighted by molar-refractivity contribution is -0.187. The highest BCUT2D eigenvalue weighted by molar-refractivity contribution is 7.52. The van der Waals surface area contributed by atoms with E-state index in [1.807, 2.05) is 0 Å². The van der Waals surface area contributed by atoms with E-state index in [-0.39, 0.29) is 17.9 Å². The van der Waals surface area contributed by atoms with Crippen LogP contribution >= 0.6 is 7.75 Å². The predicted octanol–water partition coefficient (Wildman–Crippen LogP) is 2.00. The molecule has 12 nitrogen and oxygen atoms in total. The van der Waals surface area contributed by atoms with Crippen molar-refractivity contribution in [3.8, 4) is 5.75 Å². The molecule has 3 rings (SSSR count). The zero-order valence-corrected chi connectivity index (χ0v) is 19.9. The van der Waals surface area contributed by atoms with Gasteiger partial charge < -0.3 is 18.7 Å². The summed E-state index contributed by atoms with van der Waals surface area (Å²) in [6, 6.07) is 6.16. The summed E-state index contributed by atoms with van der Waals surface area (Å²) in [7, 11) is -4.39. The number of aromatic amines is 1. The van der Waals surface area contributed by atoms with Crippen molar-refractivity contribution >= 4 is 13.7 Å². The van der Waals surface area contributed by atoms with Crippen LogP contribution in [0, 0.1) is 6.92 Å². The second-order valence-corrected chi connectivity index (χ2v) is 9.30. The molecule has 2 aromatic rings. The number of para-hydroxylation sites is 1. The topological polar surface area (TPSA) is 147 Å². The molecule has 16 heteroatoms. The van der Waals surface area contributed by atoms with E-state index in [1.165, 1.54) is 25.3 Å². The van der Waals surface area contributed by atoms with Gasteiger partial charge in [0.2, 0.25) is 0 Å². The number of carbonyl (C=O) groups excluding carboxylic acids is 1. The van der Waals surface area contributed by atoms with Crippen LogP contribution in [0.1, 0.15) is 18.7 Å². The fraction of sp³-hybridized carbons (Fsp3) is 0.450. The van der Waals surface area contributed by atoms with Gasteiger partial charge in [0.15, 0.2) is 19.1 Å². The minimum absolute atomic E-state index is 0.0746. The molecule has 2 unspecified atom stereocenters. The summed E-state index contributed by atoms with van der Waals surface area (Å²) in [6.07, 6.45) is -5.52. The molecule has 0 aliphatic carbocycles. The standard InChI is InChI=1S/C20H23F3N3O9P/c1-12-8-26(19(29)24-17(12)27)15-9-31-16(34-15)10-33-36(30,35-14-6-4-3-5-7-14)25-13(2)18(28)32-11-20(21,22)23/h3-8,13,15-16H,9-11H2,1-2H3,(H,25,30)(H,24,27,29)/t13?,15-,16-,36?/m1/s1. The highest BCUT2D eigenvalue weighted by Gasteiger charge is 2.37. The molecule has 4 atom stereocenters. The smallest absolute Gasteiger partial charge is 0.455 e. The van der Waals surface area contributed by atoms with Gasteiger partial charge in [0.1, 0.15) is 18.4 Å². The SMILES string of the molecule is Cc1cn([C@H]2CO[C@@H](COP(=O)(NC(C)C(=O)OCC(F)(F)F)Oc3ccccc3)O2)c(=O)[nH]c1=O. The highest BCUT2D eigenvalue weighted by Crippen LogP contribution is 2.45. The van der Waals surface area contributed by atoms with Gasteiger partial charge in [0.25, 0.3) is 5.56 Å². The highest BCUT2D eigenvalue weighted by atomic mass is 31.2. The van der Waals surface area contributed by atoms with Gasteiger partial charge >= 0.3 is 25.6 Å². The van der Waals surface area contributed by atoms with Crippen molar-refractivity contribution in [3.63, 3.8) is 0 Å². The number of alkyl halides is 3. The Morgan fingerprint density at radius 2 is 2.00 bits per heavy atom. The summed E-state index contributed by atoms with van der Waals surface area (Å²) in [5.41, 5.74) is -1.02. The van der Waals surface area contributed by atoms with Gasteiger partial charge in [0.05, 0.1) is 6.61 Å². The van der Waals surface area contributed by atoms with Crippen LogP contribution in [-0.2, 0) is 28.1 Å². The van der Waals surface area contributed by atoms with E-state index in [9.17, 15) is 32.1 Å². The number of H-pyrrole nitrogens is 1. The first kappa shape index (κ1) is 27.6. The molecule has 36 heavy (non-hydrogen) atoms. The molecule has 198 valence electrons. The maximum absolute atomic E-state index is 13.4. The van der Waals surface area contributed by atoms with Crippen LogP contribution in [0.3, 0.4) is 0 Å². The molecule has 0 spiro atoms. The van der Waals surface area contributed by atoms with Gasteiger partial charge in [-0.25, -0.2) is 9.36 Å². The number of aromatic nitrogens is 2. The van der Waals surface area contributed by atoms with E-state index in [4.69, 9.17) is 18.5 Å². The Morgan fingerprint density at radius 1 is 1.31 bits per heavy atom. The zero-order chi connectivity index (χ0) is 26.5. The van der Waals surface area contributed by atoms with Crippen molar-refractivity contribution in [2.24, 2.45) is 0 Å². The number of hydrogen-bond donors (Lipinski definition) is 2. The van der Waals surface area contributed by atoms with Crippen LogP contribution in [0.4, 0.5) is 13.2 Å². The quantitative estimate of drug-likeness (QED) is 0.341. The molecule has 1 aliphatic rings. The number of benzene rings is 1. The Kier molecular flexibility index (Phi) is 8.74. The number of hydrogen-bond acceptors (Lipinski definition) is 9. The van der Waals surface area contributed by atoms with E-state index < -0.39 is 62.9 Å².